The average Bonchev–Trinajstić information content (AvgIpc) is 3.11. The molecule has 0 unspecified atom stereocenters. The number of aryl methyl sites for hydroxylation is 1. The number of carbonyl (C=O) groups excluding carboxylic acids is 2. The van der Waals surface area contributed by atoms with Crippen molar-refractivity contribution in [1.82, 2.24) is 24.3 Å². The number of carbonyl (C=O) groups is 2. The van der Waals surface area contributed by atoms with Crippen molar-refractivity contribution in [3.05, 3.63) is 77.1 Å². The van der Waals surface area contributed by atoms with Gasteiger partial charge < -0.3 is 10.2 Å². The van der Waals surface area contributed by atoms with Gasteiger partial charge in [0.25, 0.3) is 5.91 Å². The molecule has 0 saturated heterocycles. The third-order valence-corrected chi connectivity index (χ3v) is 7.35. The Labute approximate surface area is 200 Å². The molecule has 180 valence electrons. The van der Waals surface area contributed by atoms with Crippen molar-refractivity contribution in [2.75, 3.05) is 27.7 Å². The van der Waals surface area contributed by atoms with E-state index in [1.165, 1.54) is 43.3 Å². The number of rotatable bonds is 8. The van der Waals surface area contributed by atoms with Crippen LogP contribution in [-0.2, 0) is 21.4 Å². The number of amides is 2. The van der Waals surface area contributed by atoms with Crippen molar-refractivity contribution in [2.45, 2.75) is 25.3 Å². The van der Waals surface area contributed by atoms with Crippen molar-refractivity contribution >= 4 is 21.8 Å². The molecule has 0 bridgehead atoms. The quantitative estimate of drug-likeness (QED) is 0.529. The smallest absolute Gasteiger partial charge is 0.251 e. The molecular weight excluding hydrogens is 454 g/mol. The van der Waals surface area contributed by atoms with Gasteiger partial charge in [-0.3, -0.25) is 9.59 Å². The molecule has 34 heavy (non-hydrogen) atoms. The van der Waals surface area contributed by atoms with Crippen LogP contribution in [0.25, 0.3) is 5.69 Å². The highest BCUT2D eigenvalue weighted by molar-refractivity contribution is 7.89. The predicted molar refractivity (Wildman–Crippen MR) is 129 cm³/mol. The van der Waals surface area contributed by atoms with Gasteiger partial charge in [0.1, 0.15) is 0 Å². The SMILES string of the molecule is Cc1nn(-c2ccccc2)c(C)c1CN(C)C(=O)CNC(=O)c1cccc(S(=O)(=O)N(C)C)c1. The molecule has 2 aromatic carbocycles. The zero-order chi connectivity index (χ0) is 25.0. The molecule has 2 amide bonds. The highest BCUT2D eigenvalue weighted by Crippen LogP contribution is 2.19. The van der Waals surface area contributed by atoms with E-state index in [-0.39, 0.29) is 22.9 Å². The third-order valence-electron chi connectivity index (χ3n) is 5.54. The van der Waals surface area contributed by atoms with E-state index < -0.39 is 15.9 Å². The summed E-state index contributed by atoms with van der Waals surface area (Å²) in [5.41, 5.74) is 3.80. The van der Waals surface area contributed by atoms with Gasteiger partial charge in [0.05, 0.1) is 22.8 Å². The fourth-order valence-electron chi connectivity index (χ4n) is 3.45. The maximum absolute atomic E-state index is 12.7. The highest BCUT2D eigenvalue weighted by Gasteiger charge is 2.20. The van der Waals surface area contributed by atoms with Crippen LogP contribution in [0.1, 0.15) is 27.3 Å². The number of benzene rings is 2. The second-order valence-corrected chi connectivity index (χ2v) is 10.3. The van der Waals surface area contributed by atoms with Gasteiger partial charge in [-0.25, -0.2) is 17.4 Å². The molecule has 0 atom stereocenters. The van der Waals surface area contributed by atoms with E-state index >= 15 is 0 Å². The summed E-state index contributed by atoms with van der Waals surface area (Å²) in [5.74, 6) is -0.807. The normalized spacial score (nSPS) is 11.5. The van der Waals surface area contributed by atoms with Gasteiger partial charge >= 0.3 is 0 Å². The monoisotopic (exact) mass is 483 g/mol. The summed E-state index contributed by atoms with van der Waals surface area (Å²) < 4.78 is 27.5. The van der Waals surface area contributed by atoms with E-state index in [0.29, 0.717) is 6.54 Å². The summed E-state index contributed by atoms with van der Waals surface area (Å²) in [6, 6.07) is 15.5. The number of likely N-dealkylation sites (N-methyl/N-ethyl adjacent to an activating group) is 1. The van der Waals surface area contributed by atoms with Crippen LogP contribution >= 0.6 is 0 Å². The zero-order valence-corrected chi connectivity index (χ0v) is 20.8. The number of hydrogen-bond acceptors (Lipinski definition) is 5. The lowest BCUT2D eigenvalue weighted by Gasteiger charge is -2.18. The van der Waals surface area contributed by atoms with Crippen LogP contribution in [0.5, 0.6) is 0 Å². The molecule has 1 N–H and O–H groups in total. The van der Waals surface area contributed by atoms with E-state index in [2.05, 4.69) is 10.4 Å². The molecule has 0 aliphatic heterocycles. The maximum Gasteiger partial charge on any atom is 0.251 e. The number of sulfonamides is 1. The number of hydrogen-bond donors (Lipinski definition) is 1. The second kappa shape index (κ2) is 10.2. The first-order valence-corrected chi connectivity index (χ1v) is 12.1. The van der Waals surface area contributed by atoms with Crippen LogP contribution in [0.4, 0.5) is 0 Å². The summed E-state index contributed by atoms with van der Waals surface area (Å²) in [5, 5.41) is 7.18. The first-order chi connectivity index (χ1) is 16.0. The van der Waals surface area contributed by atoms with E-state index in [1.807, 2.05) is 48.9 Å². The molecule has 0 fully saturated rings. The van der Waals surface area contributed by atoms with Gasteiger partial charge in [-0.1, -0.05) is 24.3 Å². The van der Waals surface area contributed by atoms with Gasteiger partial charge in [-0.05, 0) is 44.2 Å². The van der Waals surface area contributed by atoms with Crippen LogP contribution in [0.3, 0.4) is 0 Å². The summed E-state index contributed by atoms with van der Waals surface area (Å²) in [6.07, 6.45) is 0. The van der Waals surface area contributed by atoms with Gasteiger partial charge in [0, 0.05) is 44.5 Å². The standard InChI is InChI=1S/C24H29N5O4S/c1-17-22(18(2)29(26-17)20-11-7-6-8-12-20)16-28(5)23(30)15-25-24(31)19-10-9-13-21(14-19)34(32,33)27(3)4/h6-14H,15-16H2,1-5H3,(H,25,31). The largest absolute Gasteiger partial charge is 0.343 e. The molecule has 1 heterocycles. The van der Waals surface area contributed by atoms with E-state index in [9.17, 15) is 18.0 Å². The summed E-state index contributed by atoms with van der Waals surface area (Å²) in [6.45, 7) is 3.98. The molecule has 9 nitrogen and oxygen atoms in total. The van der Waals surface area contributed by atoms with Gasteiger partial charge in [0.2, 0.25) is 15.9 Å². The summed E-state index contributed by atoms with van der Waals surface area (Å²) >= 11 is 0. The van der Waals surface area contributed by atoms with Crippen molar-refractivity contribution in [3.63, 3.8) is 0 Å². The molecule has 0 spiro atoms. The Morgan fingerprint density at radius 1 is 1.00 bits per heavy atom. The Morgan fingerprint density at radius 3 is 2.32 bits per heavy atom. The third kappa shape index (κ3) is 5.35. The molecule has 3 rings (SSSR count). The van der Waals surface area contributed by atoms with Crippen LogP contribution in [0.2, 0.25) is 0 Å². The molecule has 1 aromatic heterocycles. The number of aromatic nitrogens is 2. The fourth-order valence-corrected chi connectivity index (χ4v) is 4.40. The van der Waals surface area contributed by atoms with Gasteiger partial charge in [0.15, 0.2) is 0 Å². The fraction of sp³-hybridized carbons (Fsp3) is 0.292. The zero-order valence-electron chi connectivity index (χ0n) is 19.9. The Kier molecular flexibility index (Phi) is 7.53. The number of para-hydroxylation sites is 1. The molecule has 0 aliphatic carbocycles. The van der Waals surface area contributed by atoms with Crippen molar-refractivity contribution in [1.29, 1.82) is 0 Å². The second-order valence-electron chi connectivity index (χ2n) is 8.14. The molecule has 3 aromatic rings. The Morgan fingerprint density at radius 2 is 1.68 bits per heavy atom. The van der Waals surface area contributed by atoms with Crippen molar-refractivity contribution in [2.24, 2.45) is 0 Å². The summed E-state index contributed by atoms with van der Waals surface area (Å²) in [7, 11) is 0.836. The Bertz CT molecular complexity index is 1300. The lowest BCUT2D eigenvalue weighted by atomic mass is 10.2. The Balaban J connectivity index is 1.65. The van der Waals surface area contributed by atoms with Crippen LogP contribution in [-0.4, -0.2) is 66.9 Å². The highest BCUT2D eigenvalue weighted by atomic mass is 32.2. The van der Waals surface area contributed by atoms with E-state index in [4.69, 9.17) is 0 Å². The number of nitrogens with zero attached hydrogens (tertiary/aromatic N) is 4. The number of nitrogens with one attached hydrogen (secondary N) is 1. The topological polar surface area (TPSA) is 105 Å². The predicted octanol–water partition coefficient (Wildman–Crippen LogP) is 2.13. The first kappa shape index (κ1) is 25.1. The van der Waals surface area contributed by atoms with E-state index in [1.54, 1.807) is 7.05 Å². The molecule has 0 aliphatic rings. The van der Waals surface area contributed by atoms with Crippen molar-refractivity contribution in [3.8, 4) is 5.69 Å². The van der Waals surface area contributed by atoms with Crippen LogP contribution in [0.15, 0.2) is 59.5 Å². The van der Waals surface area contributed by atoms with Gasteiger partial charge in [-0.2, -0.15) is 5.10 Å². The lowest BCUT2D eigenvalue weighted by Crippen LogP contribution is -2.38. The molecular formula is C24H29N5O4S. The summed E-state index contributed by atoms with van der Waals surface area (Å²) in [4.78, 5) is 26.8. The minimum Gasteiger partial charge on any atom is -0.343 e. The molecule has 0 radical (unpaired) electrons. The van der Waals surface area contributed by atoms with Crippen LogP contribution in [0, 0.1) is 13.8 Å². The Hall–Kier alpha value is -3.50. The maximum atomic E-state index is 12.7. The minimum atomic E-state index is -3.67. The minimum absolute atomic E-state index is 0.00923. The first-order valence-electron chi connectivity index (χ1n) is 10.7. The van der Waals surface area contributed by atoms with Gasteiger partial charge in [-0.15, -0.1) is 0 Å². The van der Waals surface area contributed by atoms with Crippen LogP contribution < -0.4 is 5.32 Å². The molecule has 0 saturated carbocycles. The average molecular weight is 484 g/mol. The molecule has 10 heteroatoms. The van der Waals surface area contributed by atoms with Crippen molar-refractivity contribution < 1.29 is 18.0 Å². The lowest BCUT2D eigenvalue weighted by molar-refractivity contribution is -0.129. The van der Waals surface area contributed by atoms with E-state index in [0.717, 1.165) is 26.9 Å².